The first-order valence-electron chi connectivity index (χ1n) is 6.12. The summed E-state index contributed by atoms with van der Waals surface area (Å²) in [7, 11) is 3.74. The second kappa shape index (κ2) is 8.40. The Morgan fingerprint density at radius 1 is 1.53 bits per heavy atom. The highest BCUT2D eigenvalue weighted by Gasteiger charge is 2.23. The number of aryl methyl sites for hydroxylation is 1. The first-order chi connectivity index (χ1) is 8.16. The van der Waals surface area contributed by atoms with Crippen LogP contribution in [0.3, 0.4) is 0 Å². The van der Waals surface area contributed by atoms with E-state index in [1.54, 1.807) is 15.8 Å². The van der Waals surface area contributed by atoms with Crippen molar-refractivity contribution in [1.29, 1.82) is 0 Å². The summed E-state index contributed by atoms with van der Waals surface area (Å²) >= 11 is 0. The van der Waals surface area contributed by atoms with Crippen molar-refractivity contribution in [1.82, 2.24) is 20.0 Å². The molecule has 1 aliphatic rings. The summed E-state index contributed by atoms with van der Waals surface area (Å²) in [6.07, 6.45) is 7.02. The molecule has 1 unspecified atom stereocenters. The zero-order chi connectivity index (χ0) is 12.3. The van der Waals surface area contributed by atoms with Crippen LogP contribution >= 0.6 is 24.8 Å². The average Bonchev–Trinajstić information content (AvgIpc) is 2.75. The van der Waals surface area contributed by atoms with Crippen LogP contribution in [0.15, 0.2) is 12.4 Å². The molecule has 1 aliphatic heterocycles. The molecule has 0 radical (unpaired) electrons. The van der Waals surface area contributed by atoms with Gasteiger partial charge in [-0.25, -0.2) is 0 Å². The van der Waals surface area contributed by atoms with Gasteiger partial charge in [-0.15, -0.1) is 24.8 Å². The van der Waals surface area contributed by atoms with Gasteiger partial charge in [-0.2, -0.15) is 5.10 Å². The van der Waals surface area contributed by atoms with Crippen LogP contribution in [0.1, 0.15) is 24.8 Å². The summed E-state index contributed by atoms with van der Waals surface area (Å²) in [6, 6.07) is 0.00502. The summed E-state index contributed by atoms with van der Waals surface area (Å²) in [4.78, 5) is 13.9. The molecule has 1 aromatic rings. The Kier molecular flexibility index (Phi) is 8.06. The van der Waals surface area contributed by atoms with Crippen molar-refractivity contribution in [2.45, 2.75) is 31.8 Å². The quantitative estimate of drug-likeness (QED) is 0.917. The first-order valence-corrected chi connectivity index (χ1v) is 6.12. The zero-order valence-corrected chi connectivity index (χ0v) is 13.0. The minimum atomic E-state index is 0. The summed E-state index contributed by atoms with van der Waals surface area (Å²) in [5, 5.41) is 7.38. The molecule has 0 bridgehead atoms. The van der Waals surface area contributed by atoms with Gasteiger partial charge in [0.25, 0.3) is 0 Å². The predicted molar refractivity (Wildman–Crippen MR) is 79.8 cm³/mol. The van der Waals surface area contributed by atoms with Gasteiger partial charge in [0.05, 0.1) is 12.2 Å². The lowest BCUT2D eigenvalue weighted by molar-refractivity contribution is -0.133. The van der Waals surface area contributed by atoms with Crippen LogP contribution < -0.4 is 5.32 Å². The zero-order valence-electron chi connectivity index (χ0n) is 11.3. The average molecular weight is 309 g/mol. The van der Waals surface area contributed by atoms with Crippen molar-refractivity contribution in [3.05, 3.63) is 18.0 Å². The number of halogens is 2. The smallest absolute Gasteiger partial charge is 0.239 e. The maximum absolute atomic E-state index is 12.1. The lowest BCUT2D eigenvalue weighted by Gasteiger charge is -2.27. The fourth-order valence-corrected chi connectivity index (χ4v) is 2.23. The van der Waals surface area contributed by atoms with Crippen LogP contribution in [0.2, 0.25) is 0 Å². The van der Waals surface area contributed by atoms with E-state index < -0.39 is 0 Å². The normalized spacial score (nSPS) is 18.1. The summed E-state index contributed by atoms with van der Waals surface area (Å²) in [6.45, 7) is 1.59. The van der Waals surface area contributed by atoms with Crippen molar-refractivity contribution < 1.29 is 4.79 Å². The van der Waals surface area contributed by atoms with Crippen molar-refractivity contribution in [2.75, 3.05) is 13.6 Å². The SMILES string of the molecule is CN(Cc1cnn(C)c1)C(=O)C1CCCCN1.Cl.Cl. The second-order valence-corrected chi connectivity index (χ2v) is 4.72. The van der Waals surface area contributed by atoms with Crippen molar-refractivity contribution in [3.8, 4) is 0 Å². The van der Waals surface area contributed by atoms with Crippen LogP contribution in [0, 0.1) is 0 Å². The van der Waals surface area contributed by atoms with Gasteiger partial charge in [-0.05, 0) is 19.4 Å². The van der Waals surface area contributed by atoms with Gasteiger partial charge in [-0.3, -0.25) is 9.48 Å². The van der Waals surface area contributed by atoms with E-state index in [4.69, 9.17) is 0 Å². The summed E-state index contributed by atoms with van der Waals surface area (Å²) < 4.78 is 1.76. The molecule has 1 atom stereocenters. The molecule has 0 saturated carbocycles. The fraction of sp³-hybridized carbons (Fsp3) is 0.667. The third-order valence-corrected chi connectivity index (χ3v) is 3.16. The fourth-order valence-electron chi connectivity index (χ4n) is 2.23. The molecule has 1 aromatic heterocycles. The predicted octanol–water partition coefficient (Wildman–Crippen LogP) is 1.36. The Morgan fingerprint density at radius 3 is 2.79 bits per heavy atom. The van der Waals surface area contributed by atoms with Gasteiger partial charge >= 0.3 is 0 Å². The van der Waals surface area contributed by atoms with Gasteiger partial charge in [-0.1, -0.05) is 6.42 Å². The van der Waals surface area contributed by atoms with Crippen LogP contribution in [0.4, 0.5) is 0 Å². The maximum Gasteiger partial charge on any atom is 0.239 e. The molecular formula is C12H22Cl2N4O. The van der Waals surface area contributed by atoms with E-state index in [0.29, 0.717) is 6.54 Å². The maximum atomic E-state index is 12.1. The molecule has 1 amide bonds. The third kappa shape index (κ3) is 5.01. The van der Waals surface area contributed by atoms with E-state index in [-0.39, 0.29) is 36.8 Å². The number of hydrogen-bond acceptors (Lipinski definition) is 3. The molecule has 19 heavy (non-hydrogen) atoms. The van der Waals surface area contributed by atoms with E-state index in [1.165, 1.54) is 6.42 Å². The number of piperidine rings is 1. The van der Waals surface area contributed by atoms with E-state index in [2.05, 4.69) is 10.4 Å². The Bertz CT molecular complexity index is 391. The number of carbonyl (C=O) groups excluding carboxylic acids is 1. The third-order valence-electron chi connectivity index (χ3n) is 3.16. The lowest BCUT2D eigenvalue weighted by atomic mass is 10.0. The van der Waals surface area contributed by atoms with E-state index in [9.17, 15) is 4.79 Å². The van der Waals surface area contributed by atoms with E-state index in [0.717, 1.165) is 24.9 Å². The van der Waals surface area contributed by atoms with Crippen LogP contribution in [0.25, 0.3) is 0 Å². The first kappa shape index (κ1) is 18.2. The van der Waals surface area contributed by atoms with Crippen molar-refractivity contribution in [3.63, 3.8) is 0 Å². The number of nitrogens with one attached hydrogen (secondary N) is 1. The summed E-state index contributed by atoms with van der Waals surface area (Å²) in [5.74, 6) is 0.188. The minimum absolute atomic E-state index is 0. The minimum Gasteiger partial charge on any atom is -0.340 e. The van der Waals surface area contributed by atoms with Gasteiger partial charge in [0.15, 0.2) is 0 Å². The lowest BCUT2D eigenvalue weighted by Crippen LogP contribution is -2.46. The number of likely N-dealkylation sites (N-methyl/N-ethyl adjacent to an activating group) is 1. The Hall–Kier alpha value is -0.780. The molecule has 0 spiro atoms. The van der Waals surface area contributed by atoms with Crippen LogP contribution in [-0.4, -0.2) is 40.2 Å². The molecule has 110 valence electrons. The highest BCUT2D eigenvalue weighted by molar-refractivity contribution is 5.85. The largest absolute Gasteiger partial charge is 0.340 e. The standard InChI is InChI=1S/C12H20N4O.2ClH/c1-15(8-10-7-14-16(2)9-10)12(17)11-5-3-4-6-13-11;;/h7,9,11,13H,3-6,8H2,1-2H3;2*1H. The molecular weight excluding hydrogens is 287 g/mol. The van der Waals surface area contributed by atoms with Gasteiger partial charge in [0.1, 0.15) is 0 Å². The van der Waals surface area contributed by atoms with Crippen molar-refractivity contribution >= 4 is 30.7 Å². The molecule has 0 aromatic carbocycles. The number of carbonyl (C=O) groups is 1. The number of amides is 1. The van der Waals surface area contributed by atoms with E-state index >= 15 is 0 Å². The molecule has 7 heteroatoms. The van der Waals surface area contributed by atoms with Gasteiger partial charge in [0, 0.05) is 32.4 Å². The van der Waals surface area contributed by atoms with E-state index in [1.807, 2.05) is 20.3 Å². The Morgan fingerprint density at radius 2 is 2.26 bits per heavy atom. The second-order valence-electron chi connectivity index (χ2n) is 4.72. The Balaban J connectivity index is 0.00000162. The van der Waals surface area contributed by atoms with Crippen molar-refractivity contribution in [2.24, 2.45) is 7.05 Å². The van der Waals surface area contributed by atoms with Crippen LogP contribution in [-0.2, 0) is 18.4 Å². The number of aromatic nitrogens is 2. The molecule has 0 aliphatic carbocycles. The van der Waals surface area contributed by atoms with Crippen LogP contribution in [0.5, 0.6) is 0 Å². The number of nitrogens with zero attached hydrogens (tertiary/aromatic N) is 3. The molecule has 2 heterocycles. The highest BCUT2D eigenvalue weighted by Crippen LogP contribution is 2.11. The topological polar surface area (TPSA) is 50.2 Å². The monoisotopic (exact) mass is 308 g/mol. The number of rotatable bonds is 3. The summed E-state index contributed by atoms with van der Waals surface area (Å²) in [5.41, 5.74) is 1.07. The van der Waals surface area contributed by atoms with Gasteiger partial charge in [0.2, 0.25) is 5.91 Å². The molecule has 1 N–H and O–H groups in total. The Labute approximate surface area is 126 Å². The number of hydrogen-bond donors (Lipinski definition) is 1. The molecule has 2 rings (SSSR count). The highest BCUT2D eigenvalue weighted by atomic mass is 35.5. The van der Waals surface area contributed by atoms with Gasteiger partial charge < -0.3 is 10.2 Å². The molecule has 1 fully saturated rings. The molecule has 5 nitrogen and oxygen atoms in total. The molecule has 1 saturated heterocycles.